The summed E-state index contributed by atoms with van der Waals surface area (Å²) in [6.07, 6.45) is 3.51. The highest BCUT2D eigenvalue weighted by atomic mass is 35.5. The van der Waals surface area contributed by atoms with Crippen LogP contribution in [-0.2, 0) is 9.59 Å². The number of nitrogens with one attached hydrogen (secondary N) is 1. The number of fused-ring (bicyclic) bond motifs is 1. The van der Waals surface area contributed by atoms with Crippen molar-refractivity contribution in [1.82, 2.24) is 4.90 Å². The van der Waals surface area contributed by atoms with Crippen molar-refractivity contribution in [2.45, 2.75) is 19.8 Å². The maximum Gasteiger partial charge on any atom is 0.294 e. The fourth-order valence-electron chi connectivity index (χ4n) is 3.56. The van der Waals surface area contributed by atoms with Crippen molar-refractivity contribution < 1.29 is 23.5 Å². The van der Waals surface area contributed by atoms with Crippen LogP contribution in [0.15, 0.2) is 59.5 Å². The second-order valence-electron chi connectivity index (χ2n) is 7.85. The molecule has 3 aromatic carbocycles. The van der Waals surface area contributed by atoms with E-state index in [4.69, 9.17) is 16.3 Å². The Kier molecular flexibility index (Phi) is 7.73. The fourth-order valence-corrected chi connectivity index (χ4v) is 4.56. The topological polar surface area (TPSA) is 75.7 Å². The zero-order valence-corrected chi connectivity index (χ0v) is 20.4. The number of unbranched alkanes of at least 4 members (excludes halogenated alkanes) is 1. The Balaban J connectivity index is 1.57. The van der Waals surface area contributed by atoms with Crippen LogP contribution in [0.1, 0.15) is 25.3 Å². The predicted octanol–water partition coefficient (Wildman–Crippen LogP) is 6.49. The fraction of sp³-hybridized carbons (Fsp3) is 0.192. The van der Waals surface area contributed by atoms with Crippen LogP contribution >= 0.6 is 23.4 Å². The third-order valence-electron chi connectivity index (χ3n) is 5.34. The summed E-state index contributed by atoms with van der Waals surface area (Å²) in [5, 5.41) is 3.68. The number of nitrogens with zero attached hydrogens (tertiary/aromatic N) is 1. The second kappa shape index (κ2) is 10.9. The van der Waals surface area contributed by atoms with Crippen molar-refractivity contribution in [2.75, 3.05) is 18.5 Å². The van der Waals surface area contributed by atoms with Gasteiger partial charge in [-0.2, -0.15) is 0 Å². The average molecular weight is 513 g/mol. The molecule has 0 bridgehead atoms. The molecule has 0 unspecified atom stereocenters. The summed E-state index contributed by atoms with van der Waals surface area (Å²) in [6, 6.07) is 15.2. The maximum absolute atomic E-state index is 13.3. The Hall–Kier alpha value is -3.36. The van der Waals surface area contributed by atoms with Crippen molar-refractivity contribution in [2.24, 2.45) is 0 Å². The van der Waals surface area contributed by atoms with Crippen LogP contribution in [0.25, 0.3) is 16.8 Å². The number of hydrogen-bond acceptors (Lipinski definition) is 5. The standard InChI is InChI=1S/C26H22ClFN2O4S/c1-2-3-12-34-22-11-8-16-6-4-5-7-18(16)19(22)14-23-25(32)30(26(33)35-23)15-24(31)29-17-9-10-21(28)20(27)13-17/h4-11,13-14H,2-3,12,15H2,1H3,(H,29,31)/b23-14-. The molecule has 1 saturated heterocycles. The van der Waals surface area contributed by atoms with E-state index in [9.17, 15) is 18.8 Å². The third-order valence-corrected chi connectivity index (χ3v) is 6.54. The molecule has 0 spiro atoms. The van der Waals surface area contributed by atoms with Gasteiger partial charge in [0.25, 0.3) is 11.1 Å². The van der Waals surface area contributed by atoms with E-state index in [-0.39, 0.29) is 15.6 Å². The van der Waals surface area contributed by atoms with Crippen LogP contribution in [0.4, 0.5) is 14.9 Å². The van der Waals surface area contributed by atoms with Gasteiger partial charge in [-0.05, 0) is 59.3 Å². The van der Waals surface area contributed by atoms with Crippen LogP contribution in [0.3, 0.4) is 0 Å². The lowest BCUT2D eigenvalue weighted by Gasteiger charge is -2.13. The van der Waals surface area contributed by atoms with E-state index in [1.807, 2.05) is 36.4 Å². The van der Waals surface area contributed by atoms with E-state index < -0.39 is 29.4 Å². The molecule has 3 amide bonds. The minimum absolute atomic E-state index is 0.149. The number of halogens is 2. The van der Waals surface area contributed by atoms with Gasteiger partial charge in [0.05, 0.1) is 16.5 Å². The first-order valence-corrected chi connectivity index (χ1v) is 12.2. The zero-order chi connectivity index (χ0) is 24.9. The molecule has 0 atom stereocenters. The van der Waals surface area contributed by atoms with Crippen LogP contribution in [0.5, 0.6) is 5.75 Å². The van der Waals surface area contributed by atoms with Crippen LogP contribution in [0.2, 0.25) is 5.02 Å². The van der Waals surface area contributed by atoms with Crippen LogP contribution < -0.4 is 10.1 Å². The summed E-state index contributed by atoms with van der Waals surface area (Å²) in [7, 11) is 0. The highest BCUT2D eigenvalue weighted by Crippen LogP contribution is 2.37. The van der Waals surface area contributed by atoms with Gasteiger partial charge in [0.2, 0.25) is 5.91 Å². The van der Waals surface area contributed by atoms with Gasteiger partial charge in [-0.1, -0.05) is 55.3 Å². The lowest BCUT2D eigenvalue weighted by Crippen LogP contribution is -2.36. The summed E-state index contributed by atoms with van der Waals surface area (Å²) in [6.45, 7) is 2.12. The molecule has 0 aliphatic carbocycles. The molecule has 9 heteroatoms. The van der Waals surface area contributed by atoms with Crippen LogP contribution in [-0.4, -0.2) is 35.1 Å². The molecule has 4 rings (SSSR count). The Bertz CT molecular complexity index is 1340. The number of rotatable bonds is 8. The lowest BCUT2D eigenvalue weighted by molar-refractivity contribution is -0.127. The zero-order valence-electron chi connectivity index (χ0n) is 18.8. The van der Waals surface area contributed by atoms with Gasteiger partial charge >= 0.3 is 0 Å². The monoisotopic (exact) mass is 512 g/mol. The number of carbonyl (C=O) groups excluding carboxylic acids is 3. The molecule has 1 aliphatic heterocycles. The van der Waals surface area contributed by atoms with Crippen LogP contribution in [0, 0.1) is 5.82 Å². The first-order valence-electron chi connectivity index (χ1n) is 11.0. The number of thioether (sulfide) groups is 1. The molecule has 3 aromatic rings. The van der Waals surface area contributed by atoms with Crippen molar-refractivity contribution in [3.8, 4) is 5.75 Å². The summed E-state index contributed by atoms with van der Waals surface area (Å²) in [5.41, 5.74) is 0.962. The molecule has 1 fully saturated rings. The van der Waals surface area contributed by atoms with Crippen molar-refractivity contribution in [3.63, 3.8) is 0 Å². The summed E-state index contributed by atoms with van der Waals surface area (Å²) in [4.78, 5) is 39.1. The molecule has 1 heterocycles. The molecule has 0 saturated carbocycles. The van der Waals surface area contributed by atoms with E-state index in [0.717, 1.165) is 46.3 Å². The van der Waals surface area contributed by atoms with Gasteiger partial charge in [-0.3, -0.25) is 19.3 Å². The van der Waals surface area contributed by atoms with Crippen molar-refractivity contribution in [1.29, 1.82) is 0 Å². The first kappa shape index (κ1) is 24.8. The van der Waals surface area contributed by atoms with Gasteiger partial charge in [-0.15, -0.1) is 0 Å². The quantitative estimate of drug-likeness (QED) is 0.276. The summed E-state index contributed by atoms with van der Waals surface area (Å²) >= 11 is 6.51. The van der Waals surface area contributed by atoms with Gasteiger partial charge < -0.3 is 10.1 Å². The highest BCUT2D eigenvalue weighted by Gasteiger charge is 2.36. The summed E-state index contributed by atoms with van der Waals surface area (Å²) in [5.74, 6) is -1.17. The van der Waals surface area contributed by atoms with Gasteiger partial charge in [0, 0.05) is 11.3 Å². The number of amides is 3. The minimum atomic E-state index is -0.618. The molecule has 180 valence electrons. The number of ether oxygens (including phenoxy) is 1. The predicted molar refractivity (Wildman–Crippen MR) is 137 cm³/mol. The second-order valence-corrected chi connectivity index (χ2v) is 9.25. The molecule has 1 aliphatic rings. The van der Waals surface area contributed by atoms with Gasteiger partial charge in [0.15, 0.2) is 0 Å². The molecular weight excluding hydrogens is 491 g/mol. The van der Waals surface area contributed by atoms with E-state index in [0.29, 0.717) is 17.9 Å². The van der Waals surface area contributed by atoms with E-state index in [1.165, 1.54) is 12.1 Å². The normalized spacial score (nSPS) is 14.7. The summed E-state index contributed by atoms with van der Waals surface area (Å²) < 4.78 is 19.3. The number of imide groups is 1. The van der Waals surface area contributed by atoms with E-state index >= 15 is 0 Å². The molecule has 0 radical (unpaired) electrons. The Morgan fingerprint density at radius 1 is 1.17 bits per heavy atom. The molecule has 0 aromatic heterocycles. The Labute approximate surface area is 211 Å². The lowest BCUT2D eigenvalue weighted by atomic mass is 10.0. The molecule has 6 nitrogen and oxygen atoms in total. The number of benzene rings is 3. The third kappa shape index (κ3) is 5.66. The maximum atomic E-state index is 13.3. The molecule has 35 heavy (non-hydrogen) atoms. The highest BCUT2D eigenvalue weighted by molar-refractivity contribution is 8.18. The van der Waals surface area contributed by atoms with Gasteiger partial charge in [0.1, 0.15) is 18.1 Å². The number of carbonyl (C=O) groups is 3. The minimum Gasteiger partial charge on any atom is -0.493 e. The SMILES string of the molecule is CCCCOc1ccc2ccccc2c1/C=C1\SC(=O)N(CC(=O)Nc2ccc(F)c(Cl)c2)C1=O. The van der Waals surface area contributed by atoms with Crippen molar-refractivity contribution in [3.05, 3.63) is 75.9 Å². The van der Waals surface area contributed by atoms with E-state index in [1.54, 1.807) is 6.08 Å². The molecule has 1 N–H and O–H groups in total. The Morgan fingerprint density at radius 2 is 1.97 bits per heavy atom. The van der Waals surface area contributed by atoms with Crippen molar-refractivity contribution >= 4 is 63.0 Å². The Morgan fingerprint density at radius 3 is 2.74 bits per heavy atom. The number of anilines is 1. The molecular formula is C26H22ClFN2O4S. The first-order chi connectivity index (χ1) is 16.9. The largest absolute Gasteiger partial charge is 0.493 e. The van der Waals surface area contributed by atoms with E-state index in [2.05, 4.69) is 12.2 Å². The average Bonchev–Trinajstić information content (AvgIpc) is 3.10. The van der Waals surface area contributed by atoms with Gasteiger partial charge in [-0.25, -0.2) is 4.39 Å². The number of hydrogen-bond donors (Lipinski definition) is 1. The smallest absolute Gasteiger partial charge is 0.294 e.